The quantitative estimate of drug-likeness (QED) is 0.396. The van der Waals surface area contributed by atoms with E-state index in [-0.39, 0.29) is 16.7 Å². The van der Waals surface area contributed by atoms with Gasteiger partial charge in [0.2, 0.25) is 0 Å². The van der Waals surface area contributed by atoms with Crippen molar-refractivity contribution in [2.45, 2.75) is 12.6 Å². The van der Waals surface area contributed by atoms with Gasteiger partial charge in [0, 0.05) is 42.8 Å². The van der Waals surface area contributed by atoms with Crippen LogP contribution in [0.1, 0.15) is 17.3 Å². The van der Waals surface area contributed by atoms with Gasteiger partial charge in [0.25, 0.3) is 5.69 Å². The first kappa shape index (κ1) is 18.9. The zero-order chi connectivity index (χ0) is 20.4. The minimum absolute atomic E-state index is 0.0696. The van der Waals surface area contributed by atoms with Crippen LogP contribution in [0.4, 0.5) is 11.4 Å². The van der Waals surface area contributed by atoms with Crippen molar-refractivity contribution >= 4 is 28.7 Å². The number of nitrogens with one attached hydrogen (secondary N) is 1. The summed E-state index contributed by atoms with van der Waals surface area (Å²) in [4.78, 5) is 13.0. The number of anilines is 1. The van der Waals surface area contributed by atoms with Crippen LogP contribution in [-0.4, -0.2) is 33.2 Å². The topological polar surface area (TPSA) is 72.6 Å². The van der Waals surface area contributed by atoms with Gasteiger partial charge < -0.3 is 19.5 Å². The number of thiocarbonyl (C=S) groups is 1. The van der Waals surface area contributed by atoms with Crippen molar-refractivity contribution < 1.29 is 9.66 Å². The highest BCUT2D eigenvalue weighted by molar-refractivity contribution is 7.80. The lowest BCUT2D eigenvalue weighted by Crippen LogP contribution is -2.44. The average Bonchev–Trinajstić information content (AvgIpc) is 3.22. The van der Waals surface area contributed by atoms with E-state index in [4.69, 9.17) is 17.0 Å². The Morgan fingerprint density at radius 3 is 2.69 bits per heavy atom. The Morgan fingerprint density at radius 2 is 1.97 bits per heavy atom. The van der Waals surface area contributed by atoms with Crippen LogP contribution in [-0.2, 0) is 6.54 Å². The van der Waals surface area contributed by atoms with E-state index in [0.717, 1.165) is 29.2 Å². The molecule has 2 aromatic carbocycles. The molecule has 1 N–H and O–H groups in total. The third-order valence-electron chi connectivity index (χ3n) is 5.04. The Morgan fingerprint density at radius 1 is 1.17 bits per heavy atom. The van der Waals surface area contributed by atoms with E-state index in [9.17, 15) is 10.1 Å². The summed E-state index contributed by atoms with van der Waals surface area (Å²) in [6, 6.07) is 18.1. The van der Waals surface area contributed by atoms with E-state index >= 15 is 0 Å². The Hall–Kier alpha value is -3.39. The number of non-ortho nitro benzene ring substituents is 1. The molecular weight excluding hydrogens is 388 g/mol. The first-order valence-corrected chi connectivity index (χ1v) is 9.58. The molecule has 1 unspecified atom stereocenters. The fourth-order valence-electron chi connectivity index (χ4n) is 3.63. The van der Waals surface area contributed by atoms with Crippen LogP contribution in [0.3, 0.4) is 0 Å². The highest BCUT2D eigenvalue weighted by atomic mass is 32.1. The second-order valence-electron chi connectivity index (χ2n) is 6.73. The molecule has 1 aromatic heterocycles. The molecular formula is C21H20N4O3S. The van der Waals surface area contributed by atoms with Crippen molar-refractivity contribution in [1.29, 1.82) is 0 Å². The van der Waals surface area contributed by atoms with Crippen LogP contribution in [0.25, 0.3) is 0 Å². The van der Waals surface area contributed by atoms with Gasteiger partial charge in [-0.25, -0.2) is 0 Å². The lowest BCUT2D eigenvalue weighted by molar-refractivity contribution is -0.384. The largest absolute Gasteiger partial charge is 0.497 e. The van der Waals surface area contributed by atoms with Crippen molar-refractivity contribution in [1.82, 2.24) is 9.47 Å². The predicted molar refractivity (Wildman–Crippen MR) is 115 cm³/mol. The number of rotatable bonds is 4. The maximum Gasteiger partial charge on any atom is 0.269 e. The summed E-state index contributed by atoms with van der Waals surface area (Å²) in [5, 5.41) is 15.1. The minimum Gasteiger partial charge on any atom is -0.497 e. The van der Waals surface area contributed by atoms with Crippen LogP contribution in [0, 0.1) is 10.1 Å². The van der Waals surface area contributed by atoms with Gasteiger partial charge in [0.1, 0.15) is 5.75 Å². The fraction of sp³-hybridized carbons (Fsp3) is 0.190. The summed E-state index contributed by atoms with van der Waals surface area (Å²) < 4.78 is 7.36. The van der Waals surface area contributed by atoms with E-state index in [0.29, 0.717) is 11.7 Å². The number of benzene rings is 2. The minimum atomic E-state index is -0.371. The number of nitrogens with zero attached hydrogens (tertiary/aromatic N) is 3. The first-order valence-electron chi connectivity index (χ1n) is 9.18. The van der Waals surface area contributed by atoms with Gasteiger partial charge in [-0.15, -0.1) is 0 Å². The number of nitro benzene ring substituents is 1. The Kier molecular flexibility index (Phi) is 5.18. The molecule has 0 saturated heterocycles. The number of ether oxygens (including phenoxy) is 1. The van der Waals surface area contributed by atoms with Gasteiger partial charge in [-0.05, 0) is 54.2 Å². The van der Waals surface area contributed by atoms with E-state index in [1.54, 1.807) is 19.2 Å². The van der Waals surface area contributed by atoms with E-state index in [1.165, 1.54) is 6.07 Å². The van der Waals surface area contributed by atoms with Crippen LogP contribution in [0.5, 0.6) is 5.75 Å². The molecule has 4 rings (SSSR count). The normalized spacial score (nSPS) is 15.5. The van der Waals surface area contributed by atoms with Crippen molar-refractivity contribution in [2.24, 2.45) is 0 Å². The summed E-state index contributed by atoms with van der Waals surface area (Å²) in [6.07, 6.45) is 2.02. The molecule has 0 bridgehead atoms. The predicted octanol–water partition coefficient (Wildman–Crippen LogP) is 4.21. The SMILES string of the molecule is COc1ccc(NC(=S)N2CCn3cccc3C2c2cccc([N+](=O)[O-])c2)cc1. The molecule has 2 heterocycles. The second kappa shape index (κ2) is 7.92. The van der Waals surface area contributed by atoms with Gasteiger partial charge in [0.15, 0.2) is 5.11 Å². The molecule has 0 spiro atoms. The summed E-state index contributed by atoms with van der Waals surface area (Å²) in [6.45, 7) is 1.48. The van der Waals surface area contributed by atoms with Crippen LogP contribution < -0.4 is 10.1 Å². The highest BCUT2D eigenvalue weighted by Gasteiger charge is 2.31. The number of fused-ring (bicyclic) bond motifs is 1. The molecule has 8 heteroatoms. The van der Waals surface area contributed by atoms with Gasteiger partial charge >= 0.3 is 0 Å². The Balaban J connectivity index is 1.66. The molecule has 1 atom stereocenters. The van der Waals surface area contributed by atoms with E-state index in [2.05, 4.69) is 14.8 Å². The standard InChI is InChI=1S/C21H20N4O3S/c1-28-18-9-7-16(8-10-18)22-21(29)24-13-12-23-11-3-6-19(23)20(24)15-4-2-5-17(14-15)25(26)27/h2-11,14,20H,12-13H2,1H3,(H,22,29). The second-order valence-corrected chi connectivity index (χ2v) is 7.12. The molecule has 1 aliphatic rings. The maximum atomic E-state index is 11.3. The molecule has 29 heavy (non-hydrogen) atoms. The van der Waals surface area contributed by atoms with E-state index in [1.807, 2.05) is 48.7 Å². The van der Waals surface area contributed by atoms with Crippen molar-refractivity contribution in [3.05, 3.63) is 88.2 Å². The number of aromatic nitrogens is 1. The fourth-order valence-corrected chi connectivity index (χ4v) is 3.95. The molecule has 0 radical (unpaired) electrons. The van der Waals surface area contributed by atoms with Crippen molar-refractivity contribution in [3.8, 4) is 5.75 Å². The van der Waals surface area contributed by atoms with Crippen molar-refractivity contribution in [2.75, 3.05) is 19.0 Å². The maximum absolute atomic E-state index is 11.3. The van der Waals surface area contributed by atoms with Gasteiger partial charge in [-0.3, -0.25) is 10.1 Å². The summed E-state index contributed by atoms with van der Waals surface area (Å²) in [7, 11) is 1.62. The van der Waals surface area contributed by atoms with Crippen LogP contribution >= 0.6 is 12.2 Å². The van der Waals surface area contributed by atoms with Crippen molar-refractivity contribution in [3.63, 3.8) is 0 Å². The number of hydrogen-bond donors (Lipinski definition) is 1. The molecule has 1 aliphatic heterocycles. The lowest BCUT2D eigenvalue weighted by atomic mass is 10.00. The smallest absolute Gasteiger partial charge is 0.269 e. The zero-order valence-corrected chi connectivity index (χ0v) is 16.6. The number of nitro groups is 1. The molecule has 3 aromatic rings. The van der Waals surface area contributed by atoms with Gasteiger partial charge in [0.05, 0.1) is 18.1 Å². The third kappa shape index (κ3) is 3.79. The average molecular weight is 408 g/mol. The summed E-state index contributed by atoms with van der Waals surface area (Å²) >= 11 is 5.72. The molecule has 148 valence electrons. The first-order chi connectivity index (χ1) is 14.1. The third-order valence-corrected chi connectivity index (χ3v) is 5.37. The molecule has 0 aliphatic carbocycles. The highest BCUT2D eigenvalue weighted by Crippen LogP contribution is 2.34. The monoisotopic (exact) mass is 408 g/mol. The zero-order valence-electron chi connectivity index (χ0n) is 15.8. The molecule has 0 amide bonds. The summed E-state index contributed by atoms with van der Waals surface area (Å²) in [5.41, 5.74) is 2.81. The van der Waals surface area contributed by atoms with Crippen LogP contribution in [0.2, 0.25) is 0 Å². The Bertz CT molecular complexity index is 1050. The van der Waals surface area contributed by atoms with E-state index < -0.39 is 0 Å². The van der Waals surface area contributed by atoms with Crippen LogP contribution in [0.15, 0.2) is 66.9 Å². The number of hydrogen-bond acceptors (Lipinski definition) is 4. The molecule has 0 saturated carbocycles. The summed E-state index contributed by atoms with van der Waals surface area (Å²) in [5.74, 6) is 0.770. The van der Waals surface area contributed by atoms with Gasteiger partial charge in [-0.2, -0.15) is 0 Å². The Labute approximate surface area is 173 Å². The molecule has 7 nitrogen and oxygen atoms in total. The van der Waals surface area contributed by atoms with Gasteiger partial charge in [-0.1, -0.05) is 12.1 Å². The molecule has 0 fully saturated rings. The number of methoxy groups -OCH3 is 1. The lowest BCUT2D eigenvalue weighted by Gasteiger charge is -2.39.